The van der Waals surface area contributed by atoms with Crippen LogP contribution < -0.4 is 0 Å². The van der Waals surface area contributed by atoms with Crippen molar-refractivity contribution in [2.75, 3.05) is 19.9 Å². The Labute approximate surface area is 73.0 Å². The Morgan fingerprint density at radius 1 is 1.50 bits per heavy atom. The Balaban J connectivity index is 3.58. The minimum Gasteiger partial charge on any atom is -0.309 e. The van der Waals surface area contributed by atoms with Crippen LogP contribution in [0.5, 0.6) is 0 Å². The van der Waals surface area contributed by atoms with Crippen LogP contribution in [0, 0.1) is 11.3 Å². The molecule has 1 unspecified atom stereocenters. The zero-order chi connectivity index (χ0) is 9.45. The monoisotopic (exact) mass is 191 g/mol. The SMILES string of the molecule is CCCCOP(C)(=O)OCC#N. The molecule has 0 aliphatic rings. The third-order valence-electron chi connectivity index (χ3n) is 1.19. The van der Waals surface area contributed by atoms with Gasteiger partial charge >= 0.3 is 7.60 Å². The summed E-state index contributed by atoms with van der Waals surface area (Å²) in [5, 5.41) is 8.15. The minimum atomic E-state index is -2.96. The van der Waals surface area contributed by atoms with Crippen molar-refractivity contribution >= 4 is 7.60 Å². The van der Waals surface area contributed by atoms with Gasteiger partial charge in [0.15, 0.2) is 0 Å². The summed E-state index contributed by atoms with van der Waals surface area (Å²) in [6.07, 6.45) is 1.84. The van der Waals surface area contributed by atoms with E-state index in [4.69, 9.17) is 14.3 Å². The number of hydrogen-bond acceptors (Lipinski definition) is 4. The molecule has 0 N–H and O–H groups in total. The molecule has 0 fully saturated rings. The van der Waals surface area contributed by atoms with Crippen molar-refractivity contribution in [3.05, 3.63) is 0 Å². The fourth-order valence-electron chi connectivity index (χ4n) is 0.558. The lowest BCUT2D eigenvalue weighted by Crippen LogP contribution is -1.96. The third kappa shape index (κ3) is 6.36. The van der Waals surface area contributed by atoms with Crippen LogP contribution in [0.2, 0.25) is 0 Å². The van der Waals surface area contributed by atoms with E-state index in [-0.39, 0.29) is 6.61 Å². The van der Waals surface area contributed by atoms with Crippen molar-refractivity contribution in [3.63, 3.8) is 0 Å². The zero-order valence-electron chi connectivity index (χ0n) is 7.45. The zero-order valence-corrected chi connectivity index (χ0v) is 8.34. The van der Waals surface area contributed by atoms with Crippen molar-refractivity contribution in [2.24, 2.45) is 0 Å². The van der Waals surface area contributed by atoms with Crippen LogP contribution >= 0.6 is 7.60 Å². The second kappa shape index (κ2) is 6.19. The van der Waals surface area contributed by atoms with E-state index in [1.807, 2.05) is 6.92 Å². The van der Waals surface area contributed by atoms with Gasteiger partial charge in [0.05, 0.1) is 12.7 Å². The van der Waals surface area contributed by atoms with Gasteiger partial charge < -0.3 is 4.52 Å². The number of nitriles is 1. The topological polar surface area (TPSA) is 59.3 Å². The molecule has 4 nitrogen and oxygen atoms in total. The quantitative estimate of drug-likeness (QED) is 0.476. The number of hydrogen-bond donors (Lipinski definition) is 0. The molecule has 0 rings (SSSR count). The van der Waals surface area contributed by atoms with Crippen LogP contribution in [-0.4, -0.2) is 19.9 Å². The van der Waals surface area contributed by atoms with Crippen LogP contribution in [0.3, 0.4) is 0 Å². The Morgan fingerprint density at radius 3 is 2.67 bits per heavy atom. The molecule has 0 aliphatic carbocycles. The van der Waals surface area contributed by atoms with E-state index in [0.717, 1.165) is 12.8 Å². The minimum absolute atomic E-state index is 0.181. The van der Waals surface area contributed by atoms with E-state index >= 15 is 0 Å². The lowest BCUT2D eigenvalue weighted by Gasteiger charge is -2.11. The van der Waals surface area contributed by atoms with Crippen LogP contribution in [0.15, 0.2) is 0 Å². The molecular weight excluding hydrogens is 177 g/mol. The van der Waals surface area contributed by atoms with Crippen LogP contribution in [0.4, 0.5) is 0 Å². The maximum atomic E-state index is 11.3. The van der Waals surface area contributed by atoms with E-state index in [1.165, 1.54) is 6.66 Å². The van der Waals surface area contributed by atoms with Gasteiger partial charge in [0.25, 0.3) is 0 Å². The highest BCUT2D eigenvalue weighted by molar-refractivity contribution is 7.52. The summed E-state index contributed by atoms with van der Waals surface area (Å²) in [4.78, 5) is 0. The van der Waals surface area contributed by atoms with Gasteiger partial charge in [0.1, 0.15) is 6.61 Å². The first-order chi connectivity index (χ1) is 5.62. The molecule has 0 spiro atoms. The number of nitrogens with zero attached hydrogens (tertiary/aromatic N) is 1. The largest absolute Gasteiger partial charge is 0.328 e. The summed E-state index contributed by atoms with van der Waals surface area (Å²) >= 11 is 0. The average Bonchev–Trinajstić information content (AvgIpc) is 2.01. The van der Waals surface area contributed by atoms with E-state index in [1.54, 1.807) is 6.07 Å². The second-order valence-corrected chi connectivity index (χ2v) is 4.45. The van der Waals surface area contributed by atoms with Gasteiger partial charge in [-0.05, 0) is 6.42 Å². The molecule has 0 aromatic rings. The smallest absolute Gasteiger partial charge is 0.309 e. The van der Waals surface area contributed by atoms with E-state index in [0.29, 0.717) is 6.61 Å². The molecule has 5 heteroatoms. The highest BCUT2D eigenvalue weighted by Gasteiger charge is 2.15. The lowest BCUT2D eigenvalue weighted by atomic mass is 10.4. The summed E-state index contributed by atoms with van der Waals surface area (Å²) in [5.41, 5.74) is 0. The van der Waals surface area contributed by atoms with Crippen LogP contribution in [0.1, 0.15) is 19.8 Å². The van der Waals surface area contributed by atoms with Crippen LogP contribution in [0.25, 0.3) is 0 Å². The molecule has 1 atom stereocenters. The normalized spacial score (nSPS) is 15.1. The molecule has 0 saturated carbocycles. The van der Waals surface area contributed by atoms with E-state index in [9.17, 15) is 4.57 Å². The molecule has 0 radical (unpaired) electrons. The molecule has 0 aromatic carbocycles. The molecule has 0 aromatic heterocycles. The maximum absolute atomic E-state index is 11.3. The third-order valence-corrected chi connectivity index (χ3v) is 2.44. The molecule has 0 aliphatic heterocycles. The lowest BCUT2D eigenvalue weighted by molar-refractivity contribution is 0.223. The van der Waals surface area contributed by atoms with Gasteiger partial charge in [-0.3, -0.25) is 9.09 Å². The summed E-state index contributed by atoms with van der Waals surface area (Å²) < 4.78 is 20.9. The fraction of sp³-hybridized carbons (Fsp3) is 0.857. The Morgan fingerprint density at radius 2 is 2.17 bits per heavy atom. The molecule has 12 heavy (non-hydrogen) atoms. The highest BCUT2D eigenvalue weighted by atomic mass is 31.2. The molecule has 0 bridgehead atoms. The Hall–Kier alpha value is -0.360. The van der Waals surface area contributed by atoms with E-state index in [2.05, 4.69) is 0 Å². The van der Waals surface area contributed by atoms with Gasteiger partial charge in [-0.25, -0.2) is 0 Å². The highest BCUT2D eigenvalue weighted by Crippen LogP contribution is 2.43. The Kier molecular flexibility index (Phi) is 6.00. The van der Waals surface area contributed by atoms with Crippen molar-refractivity contribution in [1.29, 1.82) is 5.26 Å². The van der Waals surface area contributed by atoms with Gasteiger partial charge in [-0.2, -0.15) is 5.26 Å². The van der Waals surface area contributed by atoms with Gasteiger partial charge in [0.2, 0.25) is 0 Å². The second-order valence-electron chi connectivity index (χ2n) is 2.39. The Bertz CT molecular complexity index is 199. The first kappa shape index (κ1) is 11.6. The number of rotatable bonds is 6. The van der Waals surface area contributed by atoms with E-state index < -0.39 is 7.60 Å². The standard InChI is InChI=1S/C7H14NO3P/c1-3-4-6-10-12(2,9)11-7-5-8/h3-4,6-7H2,1-2H3. The van der Waals surface area contributed by atoms with Crippen molar-refractivity contribution in [1.82, 2.24) is 0 Å². The predicted octanol–water partition coefficient (Wildman–Crippen LogP) is 2.17. The summed E-state index contributed by atoms with van der Waals surface area (Å²) in [6, 6.07) is 1.74. The first-order valence-corrected chi connectivity index (χ1v) is 5.85. The summed E-state index contributed by atoms with van der Waals surface area (Å²) in [5.74, 6) is 0. The fourth-order valence-corrected chi connectivity index (χ4v) is 1.39. The summed E-state index contributed by atoms with van der Waals surface area (Å²) in [6.45, 7) is 3.63. The molecular formula is C7H14NO3P. The van der Waals surface area contributed by atoms with Crippen molar-refractivity contribution < 1.29 is 13.6 Å². The molecule has 0 heterocycles. The molecule has 0 amide bonds. The molecule has 70 valence electrons. The van der Waals surface area contributed by atoms with Gasteiger partial charge in [-0.1, -0.05) is 13.3 Å². The average molecular weight is 191 g/mol. The van der Waals surface area contributed by atoms with Crippen molar-refractivity contribution in [3.8, 4) is 6.07 Å². The summed E-state index contributed by atoms with van der Waals surface area (Å²) in [7, 11) is -2.96. The van der Waals surface area contributed by atoms with Gasteiger partial charge in [0, 0.05) is 6.66 Å². The maximum Gasteiger partial charge on any atom is 0.328 e. The predicted molar refractivity (Wildman–Crippen MR) is 46.0 cm³/mol. The first-order valence-electron chi connectivity index (χ1n) is 3.86. The molecule has 0 saturated heterocycles. The number of unbranched alkanes of at least 4 members (excludes halogenated alkanes) is 1. The van der Waals surface area contributed by atoms with Crippen LogP contribution in [-0.2, 0) is 13.6 Å². The van der Waals surface area contributed by atoms with Crippen molar-refractivity contribution in [2.45, 2.75) is 19.8 Å². The van der Waals surface area contributed by atoms with Gasteiger partial charge in [-0.15, -0.1) is 0 Å².